The molecule has 0 aliphatic heterocycles. The highest BCUT2D eigenvalue weighted by Crippen LogP contribution is 2.34. The zero-order valence-electron chi connectivity index (χ0n) is 14.9. The van der Waals surface area contributed by atoms with Crippen LogP contribution in [0.2, 0.25) is 0 Å². The summed E-state index contributed by atoms with van der Waals surface area (Å²) in [6, 6.07) is 9.91. The Morgan fingerprint density at radius 2 is 1.75 bits per heavy atom. The van der Waals surface area contributed by atoms with Crippen LogP contribution in [-0.4, -0.2) is 9.97 Å². The molecule has 1 N–H and O–H groups in total. The average Bonchev–Trinajstić information content (AvgIpc) is 3.12. The van der Waals surface area contributed by atoms with Crippen LogP contribution in [0.4, 0.5) is 8.78 Å². The quantitative estimate of drug-likeness (QED) is 0.490. The van der Waals surface area contributed by atoms with E-state index in [0.717, 1.165) is 36.1 Å². The van der Waals surface area contributed by atoms with E-state index in [0.29, 0.717) is 10.2 Å². The summed E-state index contributed by atoms with van der Waals surface area (Å²) in [7, 11) is 0. The zero-order chi connectivity index (χ0) is 19.3. The normalized spacial score (nSPS) is 13.6. The second-order valence-corrected chi connectivity index (χ2v) is 7.89. The van der Waals surface area contributed by atoms with Gasteiger partial charge in [0.15, 0.2) is 0 Å². The topological polar surface area (TPSA) is 45.8 Å². The lowest BCUT2D eigenvalue weighted by molar-refractivity contribution is 0.587. The SMILES string of the molecule is O=c1[nH]c(-c2c(F)cccc2F)nc2scc(-c3ccc4c(c3)CCCC4)c12. The standard InChI is InChI=1S/C22H16F2N2OS/c23-16-6-3-7-17(24)19(16)20-25-21(27)18-15(11-28-22(18)26-20)14-9-8-12-4-1-2-5-13(12)10-14/h3,6-11H,1-2,4-5H2,(H,25,26,27). The van der Waals surface area contributed by atoms with Crippen molar-refractivity contribution in [1.82, 2.24) is 9.97 Å². The van der Waals surface area contributed by atoms with Crippen molar-refractivity contribution in [3.63, 3.8) is 0 Å². The lowest BCUT2D eigenvalue weighted by Crippen LogP contribution is -2.10. The largest absolute Gasteiger partial charge is 0.306 e. The molecule has 1 aliphatic rings. The number of nitrogens with one attached hydrogen (secondary N) is 1. The van der Waals surface area contributed by atoms with Gasteiger partial charge >= 0.3 is 0 Å². The highest BCUT2D eigenvalue weighted by molar-refractivity contribution is 7.17. The van der Waals surface area contributed by atoms with E-state index in [9.17, 15) is 13.6 Å². The predicted molar refractivity (Wildman–Crippen MR) is 108 cm³/mol. The minimum Gasteiger partial charge on any atom is -0.306 e. The number of hydrogen-bond acceptors (Lipinski definition) is 3. The molecular formula is C22H16F2N2OS. The smallest absolute Gasteiger partial charge is 0.260 e. The van der Waals surface area contributed by atoms with Gasteiger partial charge in [-0.25, -0.2) is 13.8 Å². The molecule has 2 heterocycles. The first-order valence-electron chi connectivity index (χ1n) is 9.20. The van der Waals surface area contributed by atoms with Crippen LogP contribution in [-0.2, 0) is 12.8 Å². The Labute approximate surface area is 163 Å². The highest BCUT2D eigenvalue weighted by Gasteiger charge is 2.19. The van der Waals surface area contributed by atoms with E-state index in [-0.39, 0.29) is 11.4 Å². The molecule has 28 heavy (non-hydrogen) atoms. The molecule has 4 aromatic rings. The predicted octanol–water partition coefficient (Wildman–Crippen LogP) is 5.48. The molecule has 0 bridgehead atoms. The minimum atomic E-state index is -0.756. The van der Waals surface area contributed by atoms with Gasteiger partial charge in [0.05, 0.1) is 10.9 Å². The second-order valence-electron chi connectivity index (χ2n) is 7.03. The number of rotatable bonds is 2. The molecule has 3 nitrogen and oxygen atoms in total. The van der Waals surface area contributed by atoms with Crippen molar-refractivity contribution < 1.29 is 8.78 Å². The van der Waals surface area contributed by atoms with E-state index < -0.39 is 17.2 Å². The molecule has 1 aliphatic carbocycles. The fourth-order valence-electron chi connectivity index (χ4n) is 3.90. The molecule has 0 fully saturated rings. The van der Waals surface area contributed by atoms with Crippen molar-refractivity contribution in [2.45, 2.75) is 25.7 Å². The maximum Gasteiger partial charge on any atom is 0.260 e. The molecular weight excluding hydrogens is 378 g/mol. The van der Waals surface area contributed by atoms with Gasteiger partial charge in [-0.1, -0.05) is 24.3 Å². The Morgan fingerprint density at radius 1 is 1.00 bits per heavy atom. The van der Waals surface area contributed by atoms with E-state index in [1.807, 2.05) is 11.4 Å². The van der Waals surface area contributed by atoms with Crippen molar-refractivity contribution in [3.05, 3.63) is 74.9 Å². The summed E-state index contributed by atoms with van der Waals surface area (Å²) in [5.41, 5.74) is 3.78. The first-order valence-corrected chi connectivity index (χ1v) is 10.1. The fourth-order valence-corrected chi connectivity index (χ4v) is 4.85. The van der Waals surface area contributed by atoms with Crippen molar-refractivity contribution in [1.29, 1.82) is 0 Å². The van der Waals surface area contributed by atoms with Crippen molar-refractivity contribution in [2.24, 2.45) is 0 Å². The summed E-state index contributed by atoms with van der Waals surface area (Å²) in [6.45, 7) is 0. The van der Waals surface area contributed by atoms with Gasteiger partial charge in [-0.15, -0.1) is 11.3 Å². The lowest BCUT2D eigenvalue weighted by Gasteiger charge is -2.16. The van der Waals surface area contributed by atoms with Crippen molar-refractivity contribution >= 4 is 21.6 Å². The summed E-state index contributed by atoms with van der Waals surface area (Å²) < 4.78 is 28.2. The van der Waals surface area contributed by atoms with E-state index in [4.69, 9.17) is 0 Å². The number of nitrogens with zero attached hydrogens (tertiary/aromatic N) is 1. The van der Waals surface area contributed by atoms with Crippen LogP contribution in [0.3, 0.4) is 0 Å². The monoisotopic (exact) mass is 394 g/mol. The Hall–Kier alpha value is -2.86. The number of aryl methyl sites for hydroxylation is 2. The van der Waals surface area contributed by atoms with Crippen LogP contribution in [0.25, 0.3) is 32.7 Å². The van der Waals surface area contributed by atoms with Crippen LogP contribution in [0.5, 0.6) is 0 Å². The van der Waals surface area contributed by atoms with Gasteiger partial charge in [-0.05, 0) is 54.5 Å². The average molecular weight is 394 g/mol. The first kappa shape index (κ1) is 17.3. The number of aromatic nitrogens is 2. The van der Waals surface area contributed by atoms with Crippen LogP contribution >= 0.6 is 11.3 Å². The highest BCUT2D eigenvalue weighted by atomic mass is 32.1. The molecule has 0 saturated carbocycles. The molecule has 2 aromatic heterocycles. The number of aromatic amines is 1. The van der Waals surface area contributed by atoms with Crippen LogP contribution in [0.1, 0.15) is 24.0 Å². The molecule has 0 atom stereocenters. The van der Waals surface area contributed by atoms with Gasteiger partial charge < -0.3 is 4.98 Å². The maximum absolute atomic E-state index is 14.1. The van der Waals surface area contributed by atoms with E-state index in [1.165, 1.54) is 41.4 Å². The molecule has 6 heteroatoms. The Balaban J connectivity index is 1.67. The third kappa shape index (κ3) is 2.76. The minimum absolute atomic E-state index is 0.0908. The molecule has 0 saturated heterocycles. The molecule has 0 amide bonds. The fraction of sp³-hybridized carbons (Fsp3) is 0.182. The summed E-state index contributed by atoms with van der Waals surface area (Å²) in [4.78, 5) is 20.2. The van der Waals surface area contributed by atoms with E-state index >= 15 is 0 Å². The van der Waals surface area contributed by atoms with E-state index in [2.05, 4.69) is 22.1 Å². The summed E-state index contributed by atoms with van der Waals surface area (Å²) >= 11 is 1.30. The molecule has 5 rings (SSSR count). The Kier molecular flexibility index (Phi) is 4.09. The maximum atomic E-state index is 14.1. The summed E-state index contributed by atoms with van der Waals surface area (Å²) in [5.74, 6) is -1.60. The molecule has 2 aromatic carbocycles. The van der Waals surface area contributed by atoms with Crippen LogP contribution in [0, 0.1) is 11.6 Å². The first-order chi connectivity index (χ1) is 13.6. The number of benzene rings is 2. The second kappa shape index (κ2) is 6.63. The third-order valence-corrected chi connectivity index (χ3v) is 6.18. The summed E-state index contributed by atoms with van der Waals surface area (Å²) in [6.07, 6.45) is 4.55. The molecule has 0 radical (unpaired) electrons. The zero-order valence-corrected chi connectivity index (χ0v) is 15.7. The van der Waals surface area contributed by atoms with Gasteiger partial charge in [-0.2, -0.15) is 0 Å². The molecule has 0 unspecified atom stereocenters. The van der Waals surface area contributed by atoms with Crippen LogP contribution in [0.15, 0.2) is 46.6 Å². The van der Waals surface area contributed by atoms with Gasteiger partial charge in [-0.3, -0.25) is 4.79 Å². The molecule has 0 spiro atoms. The number of fused-ring (bicyclic) bond motifs is 2. The lowest BCUT2D eigenvalue weighted by atomic mass is 9.89. The Morgan fingerprint density at radius 3 is 2.54 bits per heavy atom. The van der Waals surface area contributed by atoms with Gasteiger partial charge in [0.1, 0.15) is 22.3 Å². The summed E-state index contributed by atoms with van der Waals surface area (Å²) in [5, 5.41) is 2.35. The van der Waals surface area contributed by atoms with Gasteiger partial charge in [0.2, 0.25) is 0 Å². The Bertz CT molecular complexity index is 1260. The number of hydrogen-bond donors (Lipinski definition) is 1. The van der Waals surface area contributed by atoms with E-state index in [1.54, 1.807) is 0 Å². The van der Waals surface area contributed by atoms with Crippen molar-refractivity contribution in [3.8, 4) is 22.5 Å². The third-order valence-electron chi connectivity index (χ3n) is 5.30. The number of thiophene rings is 1. The van der Waals surface area contributed by atoms with Crippen molar-refractivity contribution in [2.75, 3.05) is 0 Å². The van der Waals surface area contributed by atoms with Gasteiger partial charge in [0, 0.05) is 10.9 Å². The molecule has 140 valence electrons. The number of halogens is 2. The number of H-pyrrole nitrogens is 1. The van der Waals surface area contributed by atoms with Gasteiger partial charge in [0.25, 0.3) is 5.56 Å². The van der Waals surface area contributed by atoms with Crippen LogP contribution < -0.4 is 5.56 Å².